The molecule has 4 nitrogen and oxygen atoms in total. The largest absolute Gasteiger partial charge is 0.478 e. The quantitative estimate of drug-likeness (QED) is 0.439. The molecule has 0 atom stereocenters. The monoisotopic (exact) mass is 212 g/mol. The van der Waals surface area contributed by atoms with Crippen LogP contribution in [0.1, 0.15) is 13.8 Å². The van der Waals surface area contributed by atoms with Crippen LogP contribution in [0.2, 0.25) is 0 Å². The second-order valence-electron chi connectivity index (χ2n) is 2.86. The van der Waals surface area contributed by atoms with Crippen molar-refractivity contribution in [3.8, 4) is 0 Å². The van der Waals surface area contributed by atoms with Crippen molar-refractivity contribution in [3.05, 3.63) is 37.0 Å². The molecule has 0 bridgehead atoms. The summed E-state index contributed by atoms with van der Waals surface area (Å²) in [5.74, 6) is -1.34. The summed E-state index contributed by atoms with van der Waals surface area (Å²) >= 11 is 0. The zero-order valence-corrected chi connectivity index (χ0v) is 9.08. The van der Waals surface area contributed by atoms with Crippen LogP contribution in [0.4, 0.5) is 0 Å². The average molecular weight is 212 g/mol. The van der Waals surface area contributed by atoms with Crippen LogP contribution in [0.3, 0.4) is 0 Å². The lowest BCUT2D eigenvalue weighted by Gasteiger charge is -2.01. The van der Waals surface area contributed by atoms with E-state index in [1.165, 1.54) is 0 Å². The van der Waals surface area contributed by atoms with E-state index in [9.17, 15) is 9.59 Å². The number of carboxylic acids is 1. The molecule has 0 aliphatic rings. The van der Waals surface area contributed by atoms with Crippen LogP contribution < -0.4 is 0 Å². The minimum absolute atomic E-state index is 0.283. The van der Waals surface area contributed by atoms with Crippen molar-refractivity contribution in [1.82, 2.24) is 0 Å². The van der Waals surface area contributed by atoms with Crippen LogP contribution in [0.15, 0.2) is 37.0 Å². The van der Waals surface area contributed by atoms with Crippen LogP contribution in [-0.2, 0) is 14.3 Å². The lowest BCUT2D eigenvalue weighted by molar-refractivity contribution is -0.138. The standard InChI is InChI=1S/C8H12O2.C3H4O2/c1-6(2)5-10-8(9)7(3)4;1-2-3(4)5/h1,3,5H2,2,4H3;2H,1H2,(H,4,5). The van der Waals surface area contributed by atoms with E-state index in [1.807, 2.05) is 0 Å². The lowest BCUT2D eigenvalue weighted by Crippen LogP contribution is -2.06. The second kappa shape index (κ2) is 8.74. The molecular formula is C11H16O4. The fourth-order valence-corrected chi connectivity index (χ4v) is 0.312. The highest BCUT2D eigenvalue weighted by Gasteiger charge is 2.00. The molecule has 0 aliphatic heterocycles. The molecule has 0 saturated carbocycles. The normalized spacial score (nSPS) is 7.87. The molecule has 0 amide bonds. The number of hydrogen-bond donors (Lipinski definition) is 1. The number of carbonyl (C=O) groups is 2. The van der Waals surface area contributed by atoms with E-state index >= 15 is 0 Å². The number of ether oxygens (including phenoxy) is 1. The molecular weight excluding hydrogens is 196 g/mol. The summed E-state index contributed by atoms with van der Waals surface area (Å²) < 4.78 is 4.73. The van der Waals surface area contributed by atoms with Gasteiger partial charge in [-0.3, -0.25) is 0 Å². The first-order chi connectivity index (χ1) is 6.81. The smallest absolute Gasteiger partial charge is 0.333 e. The molecule has 0 spiro atoms. The molecule has 4 heteroatoms. The van der Waals surface area contributed by atoms with Gasteiger partial charge in [-0.1, -0.05) is 19.7 Å². The number of carboxylic acid groups (broad SMARTS) is 1. The van der Waals surface area contributed by atoms with Crippen molar-refractivity contribution in [3.63, 3.8) is 0 Å². The van der Waals surface area contributed by atoms with Crippen LogP contribution in [0.5, 0.6) is 0 Å². The number of carbonyl (C=O) groups excluding carboxylic acids is 1. The van der Waals surface area contributed by atoms with Gasteiger partial charge < -0.3 is 9.84 Å². The first-order valence-corrected chi connectivity index (χ1v) is 4.13. The van der Waals surface area contributed by atoms with Crippen molar-refractivity contribution < 1.29 is 19.4 Å². The summed E-state index contributed by atoms with van der Waals surface area (Å²) in [5, 5.41) is 7.60. The minimum atomic E-state index is -0.981. The third-order valence-corrected chi connectivity index (χ3v) is 0.973. The third-order valence-electron chi connectivity index (χ3n) is 0.973. The van der Waals surface area contributed by atoms with E-state index < -0.39 is 5.97 Å². The molecule has 0 heterocycles. The van der Waals surface area contributed by atoms with Gasteiger partial charge in [0.05, 0.1) is 0 Å². The number of esters is 1. The maximum atomic E-state index is 10.7. The highest BCUT2D eigenvalue weighted by Crippen LogP contribution is 1.94. The first-order valence-electron chi connectivity index (χ1n) is 4.13. The fourth-order valence-electron chi connectivity index (χ4n) is 0.312. The molecule has 0 unspecified atom stereocenters. The fraction of sp³-hybridized carbons (Fsp3) is 0.273. The first kappa shape index (κ1) is 15.6. The molecule has 0 aromatic carbocycles. The van der Waals surface area contributed by atoms with Crippen molar-refractivity contribution in [2.24, 2.45) is 0 Å². The molecule has 0 aliphatic carbocycles. The molecule has 0 aromatic heterocycles. The van der Waals surface area contributed by atoms with Gasteiger partial charge in [-0.25, -0.2) is 9.59 Å². The van der Waals surface area contributed by atoms with Crippen LogP contribution >= 0.6 is 0 Å². The summed E-state index contributed by atoms with van der Waals surface area (Å²) in [6, 6.07) is 0. The highest BCUT2D eigenvalue weighted by molar-refractivity contribution is 5.87. The Morgan fingerprint density at radius 3 is 1.93 bits per heavy atom. The Morgan fingerprint density at radius 2 is 1.73 bits per heavy atom. The molecule has 0 rings (SSSR count). The Kier molecular flexibility index (Phi) is 9.11. The zero-order chi connectivity index (χ0) is 12.4. The Labute approximate surface area is 89.6 Å². The van der Waals surface area contributed by atoms with E-state index in [4.69, 9.17) is 9.84 Å². The summed E-state index contributed by atoms with van der Waals surface area (Å²) in [6.07, 6.45) is 0.833. The molecule has 15 heavy (non-hydrogen) atoms. The molecule has 0 fully saturated rings. The van der Waals surface area contributed by atoms with E-state index in [0.717, 1.165) is 11.6 Å². The molecule has 84 valence electrons. The van der Waals surface area contributed by atoms with Crippen molar-refractivity contribution >= 4 is 11.9 Å². The van der Waals surface area contributed by atoms with Gasteiger partial charge in [0, 0.05) is 11.6 Å². The minimum Gasteiger partial charge on any atom is -0.478 e. The lowest BCUT2D eigenvalue weighted by atomic mass is 10.3. The highest BCUT2D eigenvalue weighted by atomic mass is 16.5. The summed E-state index contributed by atoms with van der Waals surface area (Å²) in [6.45, 7) is 13.7. The topological polar surface area (TPSA) is 63.6 Å². The van der Waals surface area contributed by atoms with Crippen LogP contribution in [0, 0.1) is 0 Å². The predicted octanol–water partition coefficient (Wildman–Crippen LogP) is 1.94. The van der Waals surface area contributed by atoms with Gasteiger partial charge >= 0.3 is 11.9 Å². The average Bonchev–Trinajstić information content (AvgIpc) is 2.14. The van der Waals surface area contributed by atoms with Gasteiger partial charge in [0.1, 0.15) is 6.61 Å². The van der Waals surface area contributed by atoms with E-state index in [0.29, 0.717) is 5.57 Å². The number of hydrogen-bond acceptors (Lipinski definition) is 3. The van der Waals surface area contributed by atoms with Crippen LogP contribution in [-0.4, -0.2) is 23.7 Å². The van der Waals surface area contributed by atoms with Gasteiger partial charge in [0.2, 0.25) is 0 Å². The van der Waals surface area contributed by atoms with Crippen molar-refractivity contribution in [2.75, 3.05) is 6.61 Å². The second-order valence-corrected chi connectivity index (χ2v) is 2.86. The van der Waals surface area contributed by atoms with Gasteiger partial charge in [-0.05, 0) is 19.4 Å². The van der Waals surface area contributed by atoms with E-state index in [1.54, 1.807) is 13.8 Å². The Morgan fingerprint density at radius 1 is 1.33 bits per heavy atom. The molecule has 0 radical (unpaired) electrons. The molecule has 0 aromatic rings. The van der Waals surface area contributed by atoms with Gasteiger partial charge in [-0.15, -0.1) is 0 Å². The van der Waals surface area contributed by atoms with E-state index in [-0.39, 0.29) is 12.6 Å². The molecule has 0 saturated heterocycles. The third kappa shape index (κ3) is 15.0. The predicted molar refractivity (Wildman–Crippen MR) is 58.4 cm³/mol. The Balaban J connectivity index is 0. The SMILES string of the molecule is C=C(C)COC(=O)C(=C)C.C=CC(=O)O. The van der Waals surface area contributed by atoms with E-state index in [2.05, 4.69) is 19.7 Å². The summed E-state index contributed by atoms with van der Waals surface area (Å²) in [4.78, 5) is 19.9. The maximum absolute atomic E-state index is 10.7. The summed E-state index contributed by atoms with van der Waals surface area (Å²) in [5.41, 5.74) is 1.25. The van der Waals surface area contributed by atoms with Gasteiger partial charge in [0.25, 0.3) is 0 Å². The number of aliphatic carboxylic acids is 1. The van der Waals surface area contributed by atoms with Gasteiger partial charge in [0.15, 0.2) is 0 Å². The maximum Gasteiger partial charge on any atom is 0.333 e. The van der Waals surface area contributed by atoms with Crippen molar-refractivity contribution in [1.29, 1.82) is 0 Å². The van der Waals surface area contributed by atoms with Crippen LogP contribution in [0.25, 0.3) is 0 Å². The Bertz CT molecular complexity index is 276. The Hall–Kier alpha value is -1.84. The zero-order valence-electron chi connectivity index (χ0n) is 9.08. The van der Waals surface area contributed by atoms with Crippen molar-refractivity contribution in [2.45, 2.75) is 13.8 Å². The van der Waals surface area contributed by atoms with Gasteiger partial charge in [-0.2, -0.15) is 0 Å². The number of rotatable bonds is 4. The molecule has 1 N–H and O–H groups in total. The summed E-state index contributed by atoms with van der Waals surface area (Å²) in [7, 11) is 0.